The van der Waals surface area contributed by atoms with Crippen molar-refractivity contribution < 1.29 is 14.7 Å². The number of carboxylic acids is 1. The molecule has 33 heavy (non-hydrogen) atoms. The summed E-state index contributed by atoms with van der Waals surface area (Å²) < 4.78 is 1.99. The second-order valence-electron chi connectivity index (χ2n) is 7.72. The van der Waals surface area contributed by atoms with Gasteiger partial charge in [-0.2, -0.15) is 0 Å². The minimum atomic E-state index is -1.04. The van der Waals surface area contributed by atoms with Gasteiger partial charge in [-0.1, -0.05) is 78.8 Å². The van der Waals surface area contributed by atoms with Crippen LogP contribution < -0.4 is 5.32 Å². The Hall–Kier alpha value is -2.77. The highest BCUT2D eigenvalue weighted by Crippen LogP contribution is 2.24. The van der Waals surface area contributed by atoms with E-state index in [1.54, 1.807) is 18.0 Å². The number of imidazole rings is 1. The van der Waals surface area contributed by atoms with Crippen molar-refractivity contribution in [1.29, 1.82) is 0 Å². The van der Waals surface area contributed by atoms with Crippen LogP contribution in [-0.4, -0.2) is 38.3 Å². The maximum atomic E-state index is 12.8. The van der Waals surface area contributed by atoms with Gasteiger partial charge in [0.15, 0.2) is 5.16 Å². The Morgan fingerprint density at radius 2 is 1.88 bits per heavy atom. The fourth-order valence-corrected chi connectivity index (χ4v) is 4.48. The molecule has 1 atom stereocenters. The highest BCUT2D eigenvalue weighted by Gasteiger charge is 2.22. The lowest BCUT2D eigenvalue weighted by atomic mass is 10.1. The summed E-state index contributed by atoms with van der Waals surface area (Å²) >= 11 is 7.99. The highest BCUT2D eigenvalue weighted by atomic mass is 35.5. The Morgan fingerprint density at radius 1 is 1.15 bits per heavy atom. The van der Waals surface area contributed by atoms with Crippen LogP contribution in [0, 0.1) is 0 Å². The summed E-state index contributed by atoms with van der Waals surface area (Å²) in [5, 5.41) is 13.7. The minimum Gasteiger partial charge on any atom is -0.480 e. The van der Waals surface area contributed by atoms with Gasteiger partial charge in [0, 0.05) is 22.7 Å². The number of carbonyl (C=O) groups is 2. The van der Waals surface area contributed by atoms with E-state index >= 15 is 0 Å². The molecule has 3 rings (SSSR count). The zero-order chi connectivity index (χ0) is 23.6. The number of aromatic nitrogens is 2. The summed E-state index contributed by atoms with van der Waals surface area (Å²) in [5.41, 5.74) is 2.69. The number of aryl methyl sites for hydroxylation is 1. The third-order valence-corrected chi connectivity index (χ3v) is 6.73. The molecular formula is C25H28ClN3O3S. The van der Waals surface area contributed by atoms with Crippen LogP contribution in [0.15, 0.2) is 66.0 Å². The standard InChI is InChI=1S/C25H28ClN3O3S/c1-2-14-33-25-27-16-20(29(25)17-19-10-6-7-11-21(19)26)15-23(30)28-22(24(31)32)13-12-18-8-4-3-5-9-18/h3-11,16,22H,2,12-15,17H2,1H3,(H,28,30)(H,31,32)/t22-/m0/s1. The number of halogens is 1. The fraction of sp³-hybridized carbons (Fsp3) is 0.320. The molecule has 0 spiro atoms. The zero-order valence-electron chi connectivity index (χ0n) is 18.5. The van der Waals surface area contributed by atoms with E-state index in [1.165, 1.54) is 0 Å². The summed E-state index contributed by atoms with van der Waals surface area (Å²) in [6.07, 6.45) is 3.62. The number of aliphatic carboxylic acids is 1. The van der Waals surface area contributed by atoms with Gasteiger partial charge in [-0.3, -0.25) is 4.79 Å². The SMILES string of the molecule is CCCSc1ncc(CC(=O)N[C@@H](CCc2ccccc2)C(=O)O)n1Cc1ccccc1Cl. The molecule has 8 heteroatoms. The lowest BCUT2D eigenvalue weighted by Crippen LogP contribution is -2.42. The van der Waals surface area contributed by atoms with Crippen LogP contribution in [0.3, 0.4) is 0 Å². The summed E-state index contributed by atoms with van der Waals surface area (Å²) in [5.74, 6) is -0.475. The topological polar surface area (TPSA) is 84.2 Å². The first-order chi connectivity index (χ1) is 16.0. The number of hydrogen-bond donors (Lipinski definition) is 2. The molecule has 1 heterocycles. The third-order valence-electron chi connectivity index (χ3n) is 5.16. The maximum absolute atomic E-state index is 12.8. The zero-order valence-corrected chi connectivity index (χ0v) is 20.1. The average molecular weight is 486 g/mol. The first-order valence-corrected chi connectivity index (χ1v) is 12.3. The van der Waals surface area contributed by atoms with Crippen LogP contribution in [0.25, 0.3) is 0 Å². The molecule has 2 N–H and O–H groups in total. The van der Waals surface area contributed by atoms with Crippen molar-refractivity contribution in [2.24, 2.45) is 0 Å². The third kappa shape index (κ3) is 7.37. The lowest BCUT2D eigenvalue weighted by molar-refractivity contribution is -0.141. The first kappa shape index (κ1) is 24.9. The largest absolute Gasteiger partial charge is 0.480 e. The predicted molar refractivity (Wildman–Crippen MR) is 132 cm³/mol. The molecule has 0 bridgehead atoms. The van der Waals surface area contributed by atoms with Crippen molar-refractivity contribution in [2.45, 2.75) is 50.4 Å². The van der Waals surface area contributed by atoms with Gasteiger partial charge in [0.1, 0.15) is 6.04 Å². The smallest absolute Gasteiger partial charge is 0.326 e. The molecule has 6 nitrogen and oxygen atoms in total. The molecule has 0 saturated heterocycles. The molecule has 174 valence electrons. The van der Waals surface area contributed by atoms with Crippen molar-refractivity contribution >= 4 is 35.2 Å². The summed E-state index contributed by atoms with van der Waals surface area (Å²) in [6.45, 7) is 2.59. The Kier molecular flexibility index (Phi) is 9.39. The lowest BCUT2D eigenvalue weighted by Gasteiger charge is -2.16. The minimum absolute atomic E-state index is 0.0409. The number of amides is 1. The normalized spacial score (nSPS) is 11.8. The molecule has 0 aliphatic carbocycles. The molecule has 0 radical (unpaired) electrons. The van der Waals surface area contributed by atoms with Gasteiger partial charge in [-0.05, 0) is 36.5 Å². The van der Waals surface area contributed by atoms with Crippen molar-refractivity contribution in [1.82, 2.24) is 14.9 Å². The number of hydrogen-bond acceptors (Lipinski definition) is 4. The fourth-order valence-electron chi connectivity index (χ4n) is 3.43. The van der Waals surface area contributed by atoms with E-state index in [0.717, 1.165) is 34.2 Å². The van der Waals surface area contributed by atoms with Crippen molar-refractivity contribution in [3.63, 3.8) is 0 Å². The van der Waals surface area contributed by atoms with Gasteiger partial charge >= 0.3 is 5.97 Å². The van der Waals surface area contributed by atoms with Crippen LogP contribution in [0.1, 0.15) is 36.6 Å². The van der Waals surface area contributed by atoms with Crippen molar-refractivity contribution in [3.8, 4) is 0 Å². The molecular weight excluding hydrogens is 458 g/mol. The van der Waals surface area contributed by atoms with Gasteiger partial charge in [0.2, 0.25) is 5.91 Å². The number of thioether (sulfide) groups is 1. The number of benzene rings is 2. The number of carbonyl (C=O) groups excluding carboxylic acids is 1. The van der Waals surface area contributed by atoms with Gasteiger partial charge in [-0.15, -0.1) is 0 Å². The highest BCUT2D eigenvalue weighted by molar-refractivity contribution is 7.99. The van der Waals surface area contributed by atoms with Gasteiger partial charge < -0.3 is 15.0 Å². The van der Waals surface area contributed by atoms with Gasteiger partial charge in [-0.25, -0.2) is 9.78 Å². The van der Waals surface area contributed by atoms with E-state index in [2.05, 4.69) is 17.2 Å². The molecule has 0 aliphatic heterocycles. The van der Waals surface area contributed by atoms with Crippen LogP contribution in [0.4, 0.5) is 0 Å². The summed E-state index contributed by atoms with van der Waals surface area (Å²) in [7, 11) is 0. The Balaban J connectivity index is 1.71. The Morgan fingerprint density at radius 3 is 2.58 bits per heavy atom. The van der Waals surface area contributed by atoms with Gasteiger partial charge in [0.05, 0.1) is 13.0 Å². The average Bonchev–Trinajstić information content (AvgIpc) is 3.18. The van der Waals surface area contributed by atoms with E-state index < -0.39 is 12.0 Å². The molecule has 0 aliphatic rings. The molecule has 0 fully saturated rings. The monoisotopic (exact) mass is 485 g/mol. The molecule has 1 amide bonds. The van der Waals surface area contributed by atoms with Crippen LogP contribution >= 0.6 is 23.4 Å². The van der Waals surface area contributed by atoms with Crippen molar-refractivity contribution in [2.75, 3.05) is 5.75 Å². The molecule has 0 unspecified atom stereocenters. The second-order valence-corrected chi connectivity index (χ2v) is 9.19. The summed E-state index contributed by atoms with van der Waals surface area (Å²) in [4.78, 5) is 29.0. The number of nitrogens with zero attached hydrogens (tertiary/aromatic N) is 2. The predicted octanol–water partition coefficient (Wildman–Crippen LogP) is 4.83. The van der Waals surface area contributed by atoms with E-state index in [4.69, 9.17) is 11.6 Å². The first-order valence-electron chi connectivity index (χ1n) is 10.9. The Labute approximate surface area is 203 Å². The molecule has 2 aromatic carbocycles. The number of rotatable bonds is 12. The summed E-state index contributed by atoms with van der Waals surface area (Å²) in [6, 6.07) is 16.3. The number of nitrogens with one attached hydrogen (secondary N) is 1. The maximum Gasteiger partial charge on any atom is 0.326 e. The van der Waals surface area contributed by atoms with Crippen LogP contribution in [-0.2, 0) is 29.0 Å². The van der Waals surface area contributed by atoms with E-state index in [1.807, 2.05) is 59.2 Å². The second kappa shape index (κ2) is 12.5. The molecule has 0 saturated carbocycles. The van der Waals surface area contributed by atoms with Crippen molar-refractivity contribution in [3.05, 3.63) is 82.6 Å². The van der Waals surface area contributed by atoms with Crippen LogP contribution in [0.5, 0.6) is 0 Å². The van der Waals surface area contributed by atoms with Crippen LogP contribution in [0.2, 0.25) is 5.02 Å². The Bertz CT molecular complexity index is 1070. The quantitative estimate of drug-likeness (QED) is 0.359. The van der Waals surface area contributed by atoms with E-state index in [-0.39, 0.29) is 12.3 Å². The molecule has 3 aromatic rings. The van der Waals surface area contributed by atoms with E-state index in [9.17, 15) is 14.7 Å². The van der Waals surface area contributed by atoms with Gasteiger partial charge in [0.25, 0.3) is 0 Å². The molecule has 1 aromatic heterocycles. The van der Waals surface area contributed by atoms with E-state index in [0.29, 0.717) is 24.4 Å². The number of carboxylic acid groups (broad SMARTS) is 1.